The summed E-state index contributed by atoms with van der Waals surface area (Å²) in [5, 5.41) is 3.37. The highest BCUT2D eigenvalue weighted by Gasteiger charge is 2.05. The summed E-state index contributed by atoms with van der Waals surface area (Å²) in [4.78, 5) is 2.37. The highest BCUT2D eigenvalue weighted by molar-refractivity contribution is 5.15. The largest absolute Gasteiger partial charge is 0.317 e. The molecule has 2 unspecified atom stereocenters. The van der Waals surface area contributed by atoms with Gasteiger partial charge >= 0.3 is 0 Å². The molecule has 0 heterocycles. The molecule has 2 aromatic carbocycles. The maximum absolute atomic E-state index is 3.37. The average molecular weight is 429 g/mol. The van der Waals surface area contributed by atoms with Crippen molar-refractivity contribution in [3.05, 3.63) is 71.8 Å². The predicted molar refractivity (Wildman–Crippen MR) is 143 cm³/mol. The Bertz CT molecular complexity index is 568. The van der Waals surface area contributed by atoms with Crippen LogP contribution >= 0.6 is 0 Å². The van der Waals surface area contributed by atoms with Gasteiger partial charge in [0.25, 0.3) is 0 Å². The van der Waals surface area contributed by atoms with Crippen LogP contribution in [0.4, 0.5) is 0 Å². The second-order valence-electron chi connectivity index (χ2n) is 7.75. The third kappa shape index (κ3) is 18.8. The molecule has 0 saturated heterocycles. The second kappa shape index (κ2) is 23.0. The molecule has 31 heavy (non-hydrogen) atoms. The van der Waals surface area contributed by atoms with E-state index >= 15 is 0 Å². The summed E-state index contributed by atoms with van der Waals surface area (Å²) in [6.45, 7) is 21.5. The van der Waals surface area contributed by atoms with E-state index in [2.05, 4.69) is 106 Å². The fourth-order valence-corrected chi connectivity index (χ4v) is 3.22. The van der Waals surface area contributed by atoms with Crippen molar-refractivity contribution in [1.82, 2.24) is 10.2 Å². The maximum atomic E-state index is 3.37. The minimum atomic E-state index is 0.724. The molecule has 2 rings (SSSR count). The van der Waals surface area contributed by atoms with Gasteiger partial charge in [-0.15, -0.1) is 0 Å². The van der Waals surface area contributed by atoms with E-state index in [4.69, 9.17) is 0 Å². The Morgan fingerprint density at radius 2 is 1.13 bits per heavy atom. The normalized spacial score (nSPS) is 11.7. The smallest absolute Gasteiger partial charge is 0.000703 e. The van der Waals surface area contributed by atoms with Crippen LogP contribution in [0, 0.1) is 11.8 Å². The first kappa shape index (κ1) is 31.5. The van der Waals surface area contributed by atoms with Gasteiger partial charge < -0.3 is 10.2 Å². The molecule has 2 aromatic rings. The van der Waals surface area contributed by atoms with Crippen molar-refractivity contribution >= 4 is 0 Å². The molecule has 0 bridgehead atoms. The van der Waals surface area contributed by atoms with Crippen molar-refractivity contribution in [2.45, 2.75) is 68.2 Å². The van der Waals surface area contributed by atoms with E-state index in [0.717, 1.165) is 31.5 Å². The zero-order valence-corrected chi connectivity index (χ0v) is 22.1. The Hall–Kier alpha value is -1.64. The minimum absolute atomic E-state index is 0.724. The van der Waals surface area contributed by atoms with E-state index in [1.54, 1.807) is 0 Å². The van der Waals surface area contributed by atoms with Crippen molar-refractivity contribution in [3.8, 4) is 0 Å². The van der Waals surface area contributed by atoms with E-state index in [0.29, 0.717) is 0 Å². The number of benzene rings is 2. The lowest BCUT2D eigenvalue weighted by atomic mass is 10.0. The van der Waals surface area contributed by atoms with Crippen LogP contribution in [0.15, 0.2) is 60.7 Å². The van der Waals surface area contributed by atoms with Crippen LogP contribution < -0.4 is 5.32 Å². The van der Waals surface area contributed by atoms with Gasteiger partial charge in [0.15, 0.2) is 0 Å². The van der Waals surface area contributed by atoms with Crippen molar-refractivity contribution in [2.24, 2.45) is 11.8 Å². The molecule has 0 aliphatic rings. The van der Waals surface area contributed by atoms with E-state index < -0.39 is 0 Å². The Kier molecular flexibility index (Phi) is 23.4. The summed E-state index contributed by atoms with van der Waals surface area (Å²) in [5.41, 5.74) is 2.89. The van der Waals surface area contributed by atoms with E-state index in [9.17, 15) is 0 Å². The third-order valence-electron chi connectivity index (χ3n) is 4.76. The van der Waals surface area contributed by atoms with Gasteiger partial charge in [0.05, 0.1) is 0 Å². The number of hydrogen-bond acceptors (Lipinski definition) is 2. The van der Waals surface area contributed by atoms with Crippen LogP contribution in [0.3, 0.4) is 0 Å². The standard InChI is InChI=1S/C13H21N.C12H19N.2C2H6/c1-4-14(3)11-12(2)10-13-8-6-5-7-9-13;1-3-13-10-11(2)9-12-7-5-4-6-8-12;2*1-2/h5-9,12H,4,10-11H2,1-3H3;4-8,11,13H,3,9-10H2,1-2H3;2*1-2H3. The summed E-state index contributed by atoms with van der Waals surface area (Å²) in [6.07, 6.45) is 2.36. The SMILES string of the molecule is CC.CC.CCN(C)CC(C)Cc1ccccc1.CCNCC(C)Cc1ccccc1. The van der Waals surface area contributed by atoms with Crippen LogP contribution in [0.1, 0.15) is 66.5 Å². The molecule has 178 valence electrons. The predicted octanol–water partition coefficient (Wildman–Crippen LogP) is 7.34. The molecule has 0 radical (unpaired) electrons. The molecule has 2 heteroatoms. The van der Waals surface area contributed by atoms with Gasteiger partial charge in [-0.25, -0.2) is 0 Å². The lowest BCUT2D eigenvalue weighted by Gasteiger charge is -2.19. The number of nitrogens with zero attached hydrogens (tertiary/aromatic N) is 1. The number of hydrogen-bond donors (Lipinski definition) is 1. The van der Waals surface area contributed by atoms with Gasteiger partial charge in [0.1, 0.15) is 0 Å². The molecular formula is C29H52N2. The molecule has 2 atom stereocenters. The van der Waals surface area contributed by atoms with Crippen LogP contribution in [-0.4, -0.2) is 38.1 Å². The van der Waals surface area contributed by atoms with Gasteiger partial charge in [-0.05, 0) is 62.5 Å². The highest BCUT2D eigenvalue weighted by atomic mass is 15.1. The summed E-state index contributed by atoms with van der Waals surface area (Å²) in [5.74, 6) is 1.46. The lowest BCUT2D eigenvalue weighted by Crippen LogP contribution is -2.25. The number of rotatable bonds is 10. The minimum Gasteiger partial charge on any atom is -0.317 e. The van der Waals surface area contributed by atoms with Gasteiger partial charge in [0, 0.05) is 6.54 Å². The van der Waals surface area contributed by atoms with Gasteiger partial charge in [-0.2, -0.15) is 0 Å². The average Bonchev–Trinajstić information content (AvgIpc) is 2.82. The van der Waals surface area contributed by atoms with Crippen molar-refractivity contribution in [2.75, 3.05) is 33.2 Å². The Balaban J connectivity index is 0. The highest BCUT2D eigenvalue weighted by Crippen LogP contribution is 2.09. The second-order valence-corrected chi connectivity index (χ2v) is 7.75. The molecule has 0 aliphatic heterocycles. The first-order valence-electron chi connectivity index (χ1n) is 12.5. The van der Waals surface area contributed by atoms with Crippen molar-refractivity contribution in [3.63, 3.8) is 0 Å². The summed E-state index contributed by atoms with van der Waals surface area (Å²) in [7, 11) is 2.18. The van der Waals surface area contributed by atoms with Crippen molar-refractivity contribution < 1.29 is 0 Å². The number of nitrogens with one attached hydrogen (secondary N) is 1. The molecule has 0 spiro atoms. The molecule has 0 aliphatic carbocycles. The monoisotopic (exact) mass is 428 g/mol. The van der Waals surface area contributed by atoms with Crippen LogP contribution in [0.5, 0.6) is 0 Å². The summed E-state index contributed by atoms with van der Waals surface area (Å²) >= 11 is 0. The summed E-state index contributed by atoms with van der Waals surface area (Å²) < 4.78 is 0. The van der Waals surface area contributed by atoms with Crippen LogP contribution in [0.25, 0.3) is 0 Å². The van der Waals surface area contributed by atoms with Crippen LogP contribution in [-0.2, 0) is 12.8 Å². The van der Waals surface area contributed by atoms with E-state index in [1.165, 1.54) is 30.5 Å². The fourth-order valence-electron chi connectivity index (χ4n) is 3.22. The third-order valence-corrected chi connectivity index (χ3v) is 4.76. The first-order valence-corrected chi connectivity index (χ1v) is 12.5. The van der Waals surface area contributed by atoms with Gasteiger partial charge in [-0.3, -0.25) is 0 Å². The van der Waals surface area contributed by atoms with Gasteiger partial charge in [-0.1, -0.05) is 116 Å². The Morgan fingerprint density at radius 3 is 1.52 bits per heavy atom. The molecule has 0 aromatic heterocycles. The van der Waals surface area contributed by atoms with Crippen molar-refractivity contribution in [1.29, 1.82) is 0 Å². The van der Waals surface area contributed by atoms with E-state index in [1.807, 2.05) is 27.7 Å². The Labute approximate surface area is 195 Å². The maximum Gasteiger partial charge on any atom is 0.000703 e. The quantitative estimate of drug-likeness (QED) is 0.426. The van der Waals surface area contributed by atoms with Crippen LogP contribution in [0.2, 0.25) is 0 Å². The molecule has 0 saturated carbocycles. The summed E-state index contributed by atoms with van der Waals surface area (Å²) in [6, 6.07) is 21.4. The molecule has 0 fully saturated rings. The van der Waals surface area contributed by atoms with E-state index in [-0.39, 0.29) is 0 Å². The molecule has 2 nitrogen and oxygen atoms in total. The zero-order chi connectivity index (χ0) is 23.9. The molecule has 1 N–H and O–H groups in total. The first-order chi connectivity index (χ1) is 15.0. The lowest BCUT2D eigenvalue weighted by molar-refractivity contribution is 0.298. The van der Waals surface area contributed by atoms with Gasteiger partial charge in [0.2, 0.25) is 0 Å². The fraction of sp³-hybridized carbons (Fsp3) is 0.586. The Morgan fingerprint density at radius 1 is 0.710 bits per heavy atom. The molecular weight excluding hydrogens is 376 g/mol. The zero-order valence-electron chi connectivity index (χ0n) is 22.1. The topological polar surface area (TPSA) is 15.3 Å². The molecule has 0 amide bonds.